The molecule has 0 aliphatic carbocycles. The molecule has 0 amide bonds. The van der Waals surface area contributed by atoms with Crippen LogP contribution in [0.2, 0.25) is 0 Å². The number of hydrogen-bond donors (Lipinski definition) is 0. The monoisotopic (exact) mass is 226 g/mol. The van der Waals surface area contributed by atoms with Crippen molar-refractivity contribution >= 4 is 16.9 Å². The summed E-state index contributed by atoms with van der Waals surface area (Å²) in [6, 6.07) is 3.08. The molecular formula is C11H8F2OS. The largest absolute Gasteiger partial charge is 0.288 e. The van der Waals surface area contributed by atoms with E-state index in [0.29, 0.717) is 5.75 Å². The summed E-state index contributed by atoms with van der Waals surface area (Å²) in [6.45, 7) is 1.44. The second-order valence-corrected chi connectivity index (χ2v) is 3.89. The summed E-state index contributed by atoms with van der Waals surface area (Å²) in [7, 11) is 0. The number of halogens is 2. The zero-order valence-electron chi connectivity index (χ0n) is 8.01. The molecule has 15 heavy (non-hydrogen) atoms. The SMILES string of the molecule is CC(=O)SCC#Cc1cc(F)cc(F)c1. The smallest absolute Gasteiger partial charge is 0.186 e. The minimum absolute atomic E-state index is 0.0327. The average molecular weight is 226 g/mol. The van der Waals surface area contributed by atoms with Crippen LogP contribution in [0.25, 0.3) is 0 Å². The van der Waals surface area contributed by atoms with Crippen LogP contribution in [0, 0.1) is 23.5 Å². The van der Waals surface area contributed by atoms with Gasteiger partial charge in [-0.2, -0.15) is 0 Å². The second-order valence-electron chi connectivity index (χ2n) is 2.74. The van der Waals surface area contributed by atoms with Crippen molar-refractivity contribution in [3.8, 4) is 11.8 Å². The quantitative estimate of drug-likeness (QED) is 0.685. The Hall–Kier alpha value is -1.34. The summed E-state index contributed by atoms with van der Waals surface area (Å²) in [6.07, 6.45) is 0. The van der Waals surface area contributed by atoms with Gasteiger partial charge in [0.2, 0.25) is 0 Å². The Balaban J connectivity index is 2.67. The first-order chi connectivity index (χ1) is 7.08. The Labute approximate surface area is 90.9 Å². The highest BCUT2D eigenvalue weighted by molar-refractivity contribution is 8.13. The minimum Gasteiger partial charge on any atom is -0.288 e. The van der Waals surface area contributed by atoms with Crippen LogP contribution in [0.1, 0.15) is 12.5 Å². The molecule has 78 valence electrons. The van der Waals surface area contributed by atoms with Crippen LogP contribution in [0.3, 0.4) is 0 Å². The Morgan fingerprint density at radius 3 is 2.47 bits per heavy atom. The van der Waals surface area contributed by atoms with Crippen LogP contribution < -0.4 is 0 Å². The molecule has 0 aromatic heterocycles. The van der Waals surface area contributed by atoms with Crippen LogP contribution in [0.15, 0.2) is 18.2 Å². The van der Waals surface area contributed by atoms with Crippen molar-refractivity contribution in [2.24, 2.45) is 0 Å². The van der Waals surface area contributed by atoms with Crippen LogP contribution in [0.5, 0.6) is 0 Å². The topological polar surface area (TPSA) is 17.1 Å². The van der Waals surface area contributed by atoms with E-state index in [9.17, 15) is 13.6 Å². The van der Waals surface area contributed by atoms with Crippen LogP contribution >= 0.6 is 11.8 Å². The van der Waals surface area contributed by atoms with E-state index in [1.807, 2.05) is 0 Å². The minimum atomic E-state index is -0.654. The zero-order chi connectivity index (χ0) is 11.3. The summed E-state index contributed by atoms with van der Waals surface area (Å²) in [5.74, 6) is 4.24. The highest BCUT2D eigenvalue weighted by Gasteiger charge is 1.97. The van der Waals surface area contributed by atoms with Gasteiger partial charge in [0.1, 0.15) is 11.6 Å². The molecule has 0 unspecified atom stereocenters. The van der Waals surface area contributed by atoms with E-state index in [0.717, 1.165) is 30.0 Å². The Kier molecular flexibility index (Phi) is 4.32. The number of benzene rings is 1. The third-order valence-electron chi connectivity index (χ3n) is 1.44. The van der Waals surface area contributed by atoms with Gasteiger partial charge in [0.05, 0.1) is 5.75 Å². The molecule has 1 aromatic carbocycles. The fourth-order valence-corrected chi connectivity index (χ4v) is 1.25. The Morgan fingerprint density at radius 1 is 1.33 bits per heavy atom. The molecule has 1 nitrogen and oxygen atoms in total. The summed E-state index contributed by atoms with van der Waals surface area (Å²) in [4.78, 5) is 10.5. The molecule has 4 heteroatoms. The standard InChI is InChI=1S/C11H8F2OS/c1-8(14)15-4-2-3-9-5-10(12)7-11(13)6-9/h5-7H,4H2,1H3. The molecule has 0 N–H and O–H groups in total. The molecule has 0 radical (unpaired) electrons. The first-order valence-electron chi connectivity index (χ1n) is 4.16. The first-order valence-corrected chi connectivity index (χ1v) is 5.15. The van der Waals surface area contributed by atoms with Gasteiger partial charge in [0.25, 0.3) is 0 Å². The molecular weight excluding hydrogens is 218 g/mol. The molecule has 0 saturated carbocycles. The molecule has 0 fully saturated rings. The van der Waals surface area contributed by atoms with Crippen molar-refractivity contribution < 1.29 is 13.6 Å². The average Bonchev–Trinajstić information content (AvgIpc) is 2.10. The van der Waals surface area contributed by atoms with Gasteiger partial charge in [0.15, 0.2) is 5.12 Å². The number of thioether (sulfide) groups is 1. The van der Waals surface area contributed by atoms with Gasteiger partial charge in [-0.1, -0.05) is 23.6 Å². The Bertz CT molecular complexity index is 412. The predicted molar refractivity (Wildman–Crippen MR) is 56.4 cm³/mol. The van der Waals surface area contributed by atoms with Gasteiger partial charge in [-0.3, -0.25) is 4.79 Å². The molecule has 0 bridgehead atoms. The lowest BCUT2D eigenvalue weighted by Crippen LogP contribution is -1.84. The van der Waals surface area contributed by atoms with E-state index in [1.165, 1.54) is 6.92 Å². The second kappa shape index (κ2) is 5.52. The highest BCUT2D eigenvalue weighted by atomic mass is 32.2. The van der Waals surface area contributed by atoms with Crippen molar-refractivity contribution in [3.63, 3.8) is 0 Å². The number of hydrogen-bond acceptors (Lipinski definition) is 2. The van der Waals surface area contributed by atoms with Gasteiger partial charge in [-0.15, -0.1) is 0 Å². The van der Waals surface area contributed by atoms with Crippen molar-refractivity contribution in [3.05, 3.63) is 35.4 Å². The zero-order valence-corrected chi connectivity index (χ0v) is 8.83. The molecule has 0 aliphatic rings. The predicted octanol–water partition coefficient (Wildman–Crippen LogP) is 2.60. The van der Waals surface area contributed by atoms with E-state index >= 15 is 0 Å². The highest BCUT2D eigenvalue weighted by Crippen LogP contribution is 2.06. The lowest BCUT2D eigenvalue weighted by molar-refractivity contribution is -0.109. The van der Waals surface area contributed by atoms with Crippen LogP contribution in [-0.2, 0) is 4.79 Å². The molecule has 0 heterocycles. The van der Waals surface area contributed by atoms with Crippen molar-refractivity contribution in [2.75, 3.05) is 5.75 Å². The van der Waals surface area contributed by atoms with Gasteiger partial charge in [-0.05, 0) is 12.1 Å². The van der Waals surface area contributed by atoms with E-state index in [1.54, 1.807) is 0 Å². The fourth-order valence-electron chi connectivity index (χ4n) is 0.902. The summed E-state index contributed by atoms with van der Waals surface area (Å²) in [5.41, 5.74) is 0.275. The van der Waals surface area contributed by atoms with Crippen molar-refractivity contribution in [1.29, 1.82) is 0 Å². The van der Waals surface area contributed by atoms with E-state index in [2.05, 4.69) is 11.8 Å². The van der Waals surface area contributed by atoms with Crippen LogP contribution in [-0.4, -0.2) is 10.9 Å². The molecule has 1 aromatic rings. The fraction of sp³-hybridized carbons (Fsp3) is 0.182. The summed E-state index contributed by atoms with van der Waals surface area (Å²) >= 11 is 1.06. The molecule has 0 saturated heterocycles. The number of rotatable bonds is 1. The molecule has 0 spiro atoms. The maximum atomic E-state index is 12.7. The summed E-state index contributed by atoms with van der Waals surface area (Å²) in [5, 5.41) is -0.0327. The van der Waals surface area contributed by atoms with Gasteiger partial charge in [0, 0.05) is 18.6 Å². The first kappa shape index (κ1) is 11.7. The Morgan fingerprint density at radius 2 is 1.93 bits per heavy atom. The maximum absolute atomic E-state index is 12.7. The number of carbonyl (C=O) groups is 1. The molecule has 0 aliphatic heterocycles. The normalized spacial score (nSPS) is 9.27. The van der Waals surface area contributed by atoms with Crippen molar-refractivity contribution in [2.45, 2.75) is 6.92 Å². The lowest BCUT2D eigenvalue weighted by Gasteiger charge is -1.92. The van der Waals surface area contributed by atoms with E-state index in [-0.39, 0.29) is 10.7 Å². The number of carbonyl (C=O) groups excluding carboxylic acids is 1. The third kappa shape index (κ3) is 4.61. The van der Waals surface area contributed by atoms with E-state index in [4.69, 9.17) is 0 Å². The van der Waals surface area contributed by atoms with Crippen LogP contribution in [0.4, 0.5) is 8.78 Å². The summed E-state index contributed by atoms with van der Waals surface area (Å²) < 4.78 is 25.4. The lowest BCUT2D eigenvalue weighted by atomic mass is 10.2. The maximum Gasteiger partial charge on any atom is 0.186 e. The van der Waals surface area contributed by atoms with Gasteiger partial charge < -0.3 is 0 Å². The molecule has 1 rings (SSSR count). The molecule has 0 atom stereocenters. The van der Waals surface area contributed by atoms with E-state index < -0.39 is 11.6 Å². The third-order valence-corrected chi connectivity index (χ3v) is 2.14. The van der Waals surface area contributed by atoms with Gasteiger partial charge in [-0.25, -0.2) is 8.78 Å². The van der Waals surface area contributed by atoms with Crippen molar-refractivity contribution in [1.82, 2.24) is 0 Å². The van der Waals surface area contributed by atoms with Gasteiger partial charge >= 0.3 is 0 Å².